The molecular formula is C22H18FN3OS. The molecule has 0 N–H and O–H groups in total. The van der Waals surface area contributed by atoms with Gasteiger partial charge in [-0.05, 0) is 61.1 Å². The van der Waals surface area contributed by atoms with Gasteiger partial charge in [0.1, 0.15) is 16.3 Å². The SMILES string of the molecule is O=c1c2c3c(sc2nc(-c2ccccn2)n1Cc1cccc(F)c1)CCCC3. The maximum atomic E-state index is 13.7. The number of rotatable bonds is 3. The maximum Gasteiger partial charge on any atom is 0.263 e. The minimum Gasteiger partial charge on any atom is -0.286 e. The Morgan fingerprint density at radius 1 is 1.11 bits per heavy atom. The third-order valence-electron chi connectivity index (χ3n) is 5.20. The summed E-state index contributed by atoms with van der Waals surface area (Å²) in [6, 6.07) is 11.9. The highest BCUT2D eigenvalue weighted by Gasteiger charge is 2.23. The zero-order valence-corrected chi connectivity index (χ0v) is 16.0. The van der Waals surface area contributed by atoms with Crippen molar-refractivity contribution < 1.29 is 4.39 Å². The first-order valence-electron chi connectivity index (χ1n) is 9.41. The minimum atomic E-state index is -0.313. The first kappa shape index (κ1) is 17.3. The van der Waals surface area contributed by atoms with Crippen molar-refractivity contribution in [3.63, 3.8) is 0 Å². The second-order valence-corrected chi connectivity index (χ2v) is 8.15. The highest BCUT2D eigenvalue weighted by molar-refractivity contribution is 7.18. The van der Waals surface area contributed by atoms with Crippen molar-refractivity contribution in [2.75, 3.05) is 0 Å². The van der Waals surface area contributed by atoms with Crippen LogP contribution < -0.4 is 5.56 Å². The topological polar surface area (TPSA) is 47.8 Å². The molecule has 140 valence electrons. The van der Waals surface area contributed by atoms with Crippen LogP contribution in [0.4, 0.5) is 4.39 Å². The number of thiophene rings is 1. The number of aromatic nitrogens is 3. The molecule has 0 aliphatic heterocycles. The average Bonchev–Trinajstić information content (AvgIpc) is 3.09. The largest absolute Gasteiger partial charge is 0.286 e. The molecule has 0 bridgehead atoms. The molecule has 4 nitrogen and oxygen atoms in total. The molecule has 0 atom stereocenters. The van der Waals surface area contributed by atoms with Crippen LogP contribution in [-0.4, -0.2) is 14.5 Å². The lowest BCUT2D eigenvalue weighted by atomic mass is 9.97. The first-order valence-corrected chi connectivity index (χ1v) is 10.2. The molecule has 6 heteroatoms. The van der Waals surface area contributed by atoms with E-state index in [1.54, 1.807) is 28.2 Å². The van der Waals surface area contributed by atoms with Crippen molar-refractivity contribution in [2.45, 2.75) is 32.2 Å². The summed E-state index contributed by atoms with van der Waals surface area (Å²) in [4.78, 5) is 24.9. The van der Waals surface area contributed by atoms with Gasteiger partial charge in [0.2, 0.25) is 0 Å². The minimum absolute atomic E-state index is 0.0608. The summed E-state index contributed by atoms with van der Waals surface area (Å²) in [5.74, 6) is 0.216. The van der Waals surface area contributed by atoms with E-state index < -0.39 is 0 Å². The molecule has 0 saturated carbocycles. The Morgan fingerprint density at radius 3 is 2.82 bits per heavy atom. The first-order chi connectivity index (χ1) is 13.7. The normalized spacial score (nSPS) is 13.6. The molecule has 0 spiro atoms. The van der Waals surface area contributed by atoms with Gasteiger partial charge in [-0.1, -0.05) is 18.2 Å². The number of benzene rings is 1. The predicted octanol–water partition coefficient (Wildman–Crippen LogP) is 4.59. The van der Waals surface area contributed by atoms with Crippen molar-refractivity contribution in [3.8, 4) is 11.5 Å². The third kappa shape index (κ3) is 2.94. The second kappa shape index (κ2) is 6.95. The summed E-state index contributed by atoms with van der Waals surface area (Å²) in [5, 5.41) is 0.732. The van der Waals surface area contributed by atoms with E-state index in [0.29, 0.717) is 11.5 Å². The van der Waals surface area contributed by atoms with Gasteiger partial charge < -0.3 is 0 Å². The smallest absolute Gasteiger partial charge is 0.263 e. The van der Waals surface area contributed by atoms with E-state index in [1.807, 2.05) is 24.3 Å². The summed E-state index contributed by atoms with van der Waals surface area (Å²) in [5.41, 5.74) is 2.47. The Morgan fingerprint density at radius 2 is 2.00 bits per heavy atom. The Bertz CT molecular complexity index is 1230. The number of hydrogen-bond donors (Lipinski definition) is 0. The lowest BCUT2D eigenvalue weighted by Crippen LogP contribution is -2.24. The van der Waals surface area contributed by atoms with E-state index in [-0.39, 0.29) is 17.9 Å². The highest BCUT2D eigenvalue weighted by atomic mass is 32.1. The number of pyridine rings is 1. The monoisotopic (exact) mass is 391 g/mol. The van der Waals surface area contributed by atoms with Gasteiger partial charge in [0.05, 0.1) is 11.9 Å². The van der Waals surface area contributed by atoms with Crippen LogP contribution in [0.1, 0.15) is 28.8 Å². The van der Waals surface area contributed by atoms with Gasteiger partial charge in [-0.2, -0.15) is 0 Å². The van der Waals surface area contributed by atoms with Gasteiger partial charge >= 0.3 is 0 Å². The van der Waals surface area contributed by atoms with E-state index in [2.05, 4.69) is 4.98 Å². The van der Waals surface area contributed by atoms with Crippen LogP contribution in [0.25, 0.3) is 21.7 Å². The van der Waals surface area contributed by atoms with Gasteiger partial charge in [0.25, 0.3) is 5.56 Å². The number of nitrogens with zero attached hydrogens (tertiary/aromatic N) is 3. The number of halogens is 1. The van der Waals surface area contributed by atoms with E-state index in [9.17, 15) is 9.18 Å². The van der Waals surface area contributed by atoms with Gasteiger partial charge in [-0.15, -0.1) is 11.3 Å². The van der Waals surface area contributed by atoms with Crippen LogP contribution in [0.15, 0.2) is 53.5 Å². The fourth-order valence-corrected chi connectivity index (χ4v) is 5.15. The Kier molecular flexibility index (Phi) is 4.28. The molecule has 0 fully saturated rings. The van der Waals surface area contributed by atoms with Crippen molar-refractivity contribution in [1.82, 2.24) is 14.5 Å². The number of fused-ring (bicyclic) bond motifs is 3. The van der Waals surface area contributed by atoms with Gasteiger partial charge in [-0.25, -0.2) is 9.37 Å². The van der Waals surface area contributed by atoms with Crippen molar-refractivity contribution in [1.29, 1.82) is 0 Å². The molecule has 1 aliphatic carbocycles. The van der Waals surface area contributed by atoms with E-state index in [1.165, 1.54) is 17.0 Å². The molecule has 0 amide bonds. The van der Waals surface area contributed by atoms with E-state index in [0.717, 1.165) is 47.0 Å². The van der Waals surface area contributed by atoms with E-state index in [4.69, 9.17) is 4.98 Å². The summed E-state index contributed by atoms with van der Waals surface area (Å²) in [7, 11) is 0. The van der Waals surface area contributed by atoms with Gasteiger partial charge in [0, 0.05) is 11.1 Å². The lowest BCUT2D eigenvalue weighted by Gasteiger charge is -2.14. The Labute approximate surface area is 165 Å². The molecule has 5 rings (SSSR count). The van der Waals surface area contributed by atoms with Crippen LogP contribution >= 0.6 is 11.3 Å². The summed E-state index contributed by atoms with van der Waals surface area (Å²) in [6.07, 6.45) is 5.89. The zero-order valence-electron chi connectivity index (χ0n) is 15.2. The molecule has 1 aliphatic rings. The second-order valence-electron chi connectivity index (χ2n) is 7.06. The molecule has 28 heavy (non-hydrogen) atoms. The lowest BCUT2D eigenvalue weighted by molar-refractivity contribution is 0.623. The maximum absolute atomic E-state index is 13.7. The molecule has 0 radical (unpaired) electrons. The highest BCUT2D eigenvalue weighted by Crippen LogP contribution is 2.34. The van der Waals surface area contributed by atoms with Crippen LogP contribution in [0.3, 0.4) is 0 Å². The summed E-state index contributed by atoms with van der Waals surface area (Å²) >= 11 is 1.63. The molecule has 0 unspecified atom stereocenters. The summed E-state index contributed by atoms with van der Waals surface area (Å²) in [6.45, 7) is 0.260. The van der Waals surface area contributed by atoms with E-state index >= 15 is 0 Å². The van der Waals surface area contributed by atoms with Crippen LogP contribution in [0, 0.1) is 5.82 Å². The molecule has 3 heterocycles. The number of hydrogen-bond acceptors (Lipinski definition) is 4. The fourth-order valence-electron chi connectivity index (χ4n) is 3.89. The average molecular weight is 391 g/mol. The molecule has 1 aromatic carbocycles. The predicted molar refractivity (Wildman–Crippen MR) is 109 cm³/mol. The molecular weight excluding hydrogens is 373 g/mol. The Balaban J connectivity index is 1.77. The fraction of sp³-hybridized carbons (Fsp3) is 0.227. The molecule has 0 saturated heterocycles. The van der Waals surface area contributed by atoms with Crippen molar-refractivity contribution >= 4 is 21.6 Å². The summed E-state index contributed by atoms with van der Waals surface area (Å²) < 4.78 is 15.3. The van der Waals surface area contributed by atoms with Crippen molar-refractivity contribution in [2.24, 2.45) is 0 Å². The number of aryl methyl sites for hydroxylation is 2. The quantitative estimate of drug-likeness (QED) is 0.513. The van der Waals surface area contributed by atoms with Gasteiger partial charge in [-0.3, -0.25) is 14.3 Å². The standard InChI is InChI=1S/C22H18FN3OS/c23-15-7-5-6-14(12-15)13-26-20(17-9-3-4-11-24-17)25-21-19(22(26)27)16-8-1-2-10-18(16)28-21/h3-7,9,11-12H,1-2,8,10,13H2. The third-order valence-corrected chi connectivity index (χ3v) is 6.38. The van der Waals surface area contributed by atoms with Crippen molar-refractivity contribution in [3.05, 3.63) is 80.8 Å². The molecule has 4 aromatic rings. The van der Waals surface area contributed by atoms with Gasteiger partial charge in [0.15, 0.2) is 5.82 Å². The Hall–Kier alpha value is -2.86. The van der Waals surface area contributed by atoms with Crippen LogP contribution in [0.5, 0.6) is 0 Å². The van der Waals surface area contributed by atoms with Crippen LogP contribution in [0.2, 0.25) is 0 Å². The van der Waals surface area contributed by atoms with Crippen LogP contribution in [-0.2, 0) is 19.4 Å². The zero-order chi connectivity index (χ0) is 19.1. The molecule has 3 aromatic heterocycles.